The lowest BCUT2D eigenvalue weighted by Crippen LogP contribution is -2.00. The van der Waals surface area contributed by atoms with E-state index >= 15 is 0 Å². The Kier molecular flexibility index (Phi) is 3.39. The minimum absolute atomic E-state index is 0.238. The van der Waals surface area contributed by atoms with E-state index in [1.165, 1.54) is 11.5 Å². The summed E-state index contributed by atoms with van der Waals surface area (Å²) in [5, 5.41) is 17.0. The van der Waals surface area contributed by atoms with E-state index in [1.54, 1.807) is 16.9 Å². The van der Waals surface area contributed by atoms with Gasteiger partial charge in [-0.15, -0.1) is 0 Å². The first-order chi connectivity index (χ1) is 11.6. The molecule has 3 heterocycles. The molecule has 0 spiro atoms. The molecule has 0 atom stereocenters. The van der Waals surface area contributed by atoms with Crippen molar-refractivity contribution >= 4 is 28.4 Å². The number of hydrogen-bond donors (Lipinski definition) is 2. The van der Waals surface area contributed by atoms with Gasteiger partial charge in [0.2, 0.25) is 0 Å². The van der Waals surface area contributed by atoms with E-state index in [0.29, 0.717) is 34.9 Å². The van der Waals surface area contributed by atoms with Crippen LogP contribution in [0.3, 0.4) is 0 Å². The highest BCUT2D eigenvalue weighted by Crippen LogP contribution is 2.24. The van der Waals surface area contributed by atoms with Crippen LogP contribution >= 0.6 is 11.5 Å². The molecule has 0 aliphatic carbocycles. The minimum Gasteiger partial charge on any atom is -0.508 e. The smallest absolute Gasteiger partial charge is 0.187 e. The minimum atomic E-state index is 0.238. The molecule has 1 aromatic carbocycles. The number of nitrogens with two attached hydrogens (primary N) is 1. The lowest BCUT2D eigenvalue weighted by molar-refractivity contribution is 0.464. The SMILES string of the molecule is Cc1ccc(O)c(Cn2cc3c(N)nc(-c4ccsn4)nc3n2)c1. The second kappa shape index (κ2) is 5.57. The van der Waals surface area contributed by atoms with Gasteiger partial charge in [0.25, 0.3) is 0 Å². The summed E-state index contributed by atoms with van der Waals surface area (Å²) >= 11 is 1.33. The van der Waals surface area contributed by atoms with Gasteiger partial charge in [-0.05, 0) is 30.6 Å². The summed E-state index contributed by atoms with van der Waals surface area (Å²) in [7, 11) is 0. The Morgan fingerprint density at radius 2 is 2.12 bits per heavy atom. The number of phenolic OH excluding ortho intramolecular Hbond substituents is 1. The number of aromatic nitrogens is 5. The number of fused-ring (bicyclic) bond motifs is 1. The van der Waals surface area contributed by atoms with E-state index in [0.717, 1.165) is 11.1 Å². The molecule has 7 nitrogen and oxygen atoms in total. The van der Waals surface area contributed by atoms with E-state index in [1.807, 2.05) is 30.5 Å². The Hall–Kier alpha value is -3.00. The molecule has 0 radical (unpaired) electrons. The normalized spacial score (nSPS) is 11.2. The number of benzene rings is 1. The lowest BCUT2D eigenvalue weighted by atomic mass is 10.1. The fourth-order valence-electron chi connectivity index (χ4n) is 2.51. The molecule has 0 bridgehead atoms. The molecule has 120 valence electrons. The maximum Gasteiger partial charge on any atom is 0.187 e. The summed E-state index contributed by atoms with van der Waals surface area (Å²) in [4.78, 5) is 8.74. The van der Waals surface area contributed by atoms with Crippen LogP contribution in [0.5, 0.6) is 5.75 Å². The number of rotatable bonds is 3. The highest BCUT2D eigenvalue weighted by molar-refractivity contribution is 7.03. The van der Waals surface area contributed by atoms with Crippen molar-refractivity contribution in [1.29, 1.82) is 0 Å². The van der Waals surface area contributed by atoms with E-state index in [9.17, 15) is 5.11 Å². The third-order valence-corrected chi connectivity index (χ3v) is 4.25. The number of phenols is 1. The molecule has 8 heteroatoms. The van der Waals surface area contributed by atoms with Crippen LogP contribution in [-0.4, -0.2) is 29.2 Å². The van der Waals surface area contributed by atoms with Crippen molar-refractivity contribution in [3.05, 3.63) is 47.0 Å². The highest BCUT2D eigenvalue weighted by atomic mass is 32.1. The van der Waals surface area contributed by atoms with Crippen LogP contribution < -0.4 is 5.73 Å². The van der Waals surface area contributed by atoms with Gasteiger partial charge in [0.15, 0.2) is 11.5 Å². The zero-order valence-corrected chi connectivity index (χ0v) is 13.7. The van der Waals surface area contributed by atoms with Crippen LogP contribution in [0.15, 0.2) is 35.8 Å². The first kappa shape index (κ1) is 14.6. The van der Waals surface area contributed by atoms with E-state index in [-0.39, 0.29) is 5.75 Å². The molecule has 0 fully saturated rings. The second-order valence-corrected chi connectivity index (χ2v) is 6.18. The van der Waals surface area contributed by atoms with Gasteiger partial charge in [0.05, 0.1) is 11.9 Å². The summed E-state index contributed by atoms with van der Waals surface area (Å²) in [6.45, 7) is 2.40. The lowest BCUT2D eigenvalue weighted by Gasteiger charge is -2.05. The van der Waals surface area contributed by atoms with Crippen molar-refractivity contribution < 1.29 is 5.11 Å². The zero-order valence-electron chi connectivity index (χ0n) is 12.8. The standard InChI is InChI=1S/C16H14N6OS/c1-9-2-3-13(23)10(6-9)7-22-8-11-14(17)18-16(19-15(11)20-22)12-4-5-24-21-12/h2-6,8,23H,7H2,1H3,(H2,17,18,19,20). The van der Waals surface area contributed by atoms with Gasteiger partial charge in [-0.1, -0.05) is 17.7 Å². The summed E-state index contributed by atoms with van der Waals surface area (Å²) < 4.78 is 5.93. The Balaban J connectivity index is 1.75. The van der Waals surface area contributed by atoms with Crippen molar-refractivity contribution in [1.82, 2.24) is 24.1 Å². The zero-order chi connectivity index (χ0) is 16.7. The third-order valence-electron chi connectivity index (χ3n) is 3.69. The average molecular weight is 338 g/mol. The molecule has 0 saturated carbocycles. The highest BCUT2D eigenvalue weighted by Gasteiger charge is 2.13. The molecule has 3 aromatic heterocycles. The van der Waals surface area contributed by atoms with Crippen LogP contribution in [-0.2, 0) is 6.54 Å². The fraction of sp³-hybridized carbons (Fsp3) is 0.125. The first-order valence-corrected chi connectivity index (χ1v) is 8.14. The molecule has 0 aliphatic heterocycles. The van der Waals surface area contributed by atoms with Gasteiger partial charge in [-0.2, -0.15) is 9.47 Å². The van der Waals surface area contributed by atoms with Crippen LogP contribution in [0.2, 0.25) is 0 Å². The number of aromatic hydroxyl groups is 1. The van der Waals surface area contributed by atoms with Crippen molar-refractivity contribution in [2.45, 2.75) is 13.5 Å². The molecule has 0 saturated heterocycles. The topological polar surface area (TPSA) is 103 Å². The molecule has 4 rings (SSSR count). The first-order valence-electron chi connectivity index (χ1n) is 7.30. The Morgan fingerprint density at radius 3 is 2.92 bits per heavy atom. The second-order valence-electron chi connectivity index (χ2n) is 5.51. The number of nitrogens with zero attached hydrogens (tertiary/aromatic N) is 5. The van der Waals surface area contributed by atoms with Gasteiger partial charge in [0.1, 0.15) is 17.3 Å². The summed E-state index contributed by atoms with van der Waals surface area (Å²) in [6.07, 6.45) is 1.79. The maximum atomic E-state index is 9.99. The van der Waals surface area contributed by atoms with E-state index in [2.05, 4.69) is 19.4 Å². The Labute approximate surface area is 141 Å². The number of hydrogen-bond acceptors (Lipinski definition) is 7. The molecule has 0 aliphatic rings. The summed E-state index contributed by atoms with van der Waals surface area (Å²) in [5.74, 6) is 1.06. The molecule has 0 unspecified atom stereocenters. The van der Waals surface area contributed by atoms with Crippen molar-refractivity contribution in [3.8, 4) is 17.3 Å². The van der Waals surface area contributed by atoms with Crippen molar-refractivity contribution in [2.75, 3.05) is 5.73 Å². The fourth-order valence-corrected chi connectivity index (χ4v) is 3.02. The summed E-state index contributed by atoms with van der Waals surface area (Å²) in [5.41, 5.74) is 9.10. The van der Waals surface area contributed by atoms with Crippen molar-refractivity contribution in [2.24, 2.45) is 0 Å². The molecule has 0 amide bonds. The monoisotopic (exact) mass is 338 g/mol. The van der Waals surface area contributed by atoms with E-state index < -0.39 is 0 Å². The van der Waals surface area contributed by atoms with Gasteiger partial charge in [0, 0.05) is 17.1 Å². The molecule has 4 aromatic rings. The number of anilines is 1. The molecular weight excluding hydrogens is 324 g/mol. The van der Waals surface area contributed by atoms with Gasteiger partial charge in [-0.3, -0.25) is 4.68 Å². The van der Waals surface area contributed by atoms with Gasteiger partial charge < -0.3 is 10.8 Å². The van der Waals surface area contributed by atoms with Crippen molar-refractivity contribution in [3.63, 3.8) is 0 Å². The average Bonchev–Trinajstić information content (AvgIpc) is 3.20. The maximum absolute atomic E-state index is 9.99. The molecule has 24 heavy (non-hydrogen) atoms. The van der Waals surface area contributed by atoms with Crippen LogP contribution in [0.25, 0.3) is 22.6 Å². The largest absolute Gasteiger partial charge is 0.508 e. The van der Waals surface area contributed by atoms with Crippen LogP contribution in [0.4, 0.5) is 5.82 Å². The van der Waals surface area contributed by atoms with Gasteiger partial charge in [-0.25, -0.2) is 9.97 Å². The van der Waals surface area contributed by atoms with Gasteiger partial charge >= 0.3 is 0 Å². The molecular formula is C16H14N6OS. The molecule has 3 N–H and O–H groups in total. The van der Waals surface area contributed by atoms with Crippen LogP contribution in [0, 0.1) is 6.92 Å². The predicted molar refractivity (Wildman–Crippen MR) is 92.8 cm³/mol. The Bertz CT molecular complexity index is 1020. The number of nitrogen functional groups attached to an aromatic ring is 1. The van der Waals surface area contributed by atoms with Crippen LogP contribution in [0.1, 0.15) is 11.1 Å². The quantitative estimate of drug-likeness (QED) is 0.595. The third kappa shape index (κ3) is 2.56. The Morgan fingerprint density at radius 1 is 1.25 bits per heavy atom. The predicted octanol–water partition coefficient (Wildman–Crippen LogP) is 2.59. The van der Waals surface area contributed by atoms with E-state index in [4.69, 9.17) is 5.73 Å². The number of aryl methyl sites for hydroxylation is 1. The summed E-state index contributed by atoms with van der Waals surface area (Å²) in [6, 6.07) is 7.31.